The Balaban J connectivity index is 2.49. The van der Waals surface area contributed by atoms with Gasteiger partial charge in [0.1, 0.15) is 11.0 Å². The molecule has 0 spiro atoms. The molecule has 0 aromatic heterocycles. The fourth-order valence-corrected chi connectivity index (χ4v) is 2.18. The number of carboxylic acid groups (broad SMARTS) is 1. The molecule has 2 aromatic rings. The Morgan fingerprint density at radius 3 is 2.56 bits per heavy atom. The Morgan fingerprint density at radius 2 is 1.94 bits per heavy atom. The van der Waals surface area contributed by atoms with E-state index in [9.17, 15) is 4.79 Å². The third-order valence-electron chi connectivity index (χ3n) is 2.89. The van der Waals surface area contributed by atoms with E-state index in [1.807, 2.05) is 36.4 Å². The smallest absolute Gasteiger partial charge is 0.316 e. The normalized spacial score (nSPS) is 12.3. The van der Waals surface area contributed by atoms with Gasteiger partial charge in [0.15, 0.2) is 0 Å². The van der Waals surface area contributed by atoms with Gasteiger partial charge >= 0.3 is 5.97 Å². The highest BCUT2D eigenvalue weighted by molar-refractivity contribution is 7.81. The fourth-order valence-electron chi connectivity index (χ4n) is 1.99. The lowest BCUT2D eigenvalue weighted by Gasteiger charge is -2.12. The number of hydrogen-bond donors (Lipinski definition) is 2. The highest BCUT2D eigenvalue weighted by atomic mass is 32.1. The first-order valence-electron chi connectivity index (χ1n) is 5.59. The minimum atomic E-state index is -0.904. The van der Waals surface area contributed by atoms with Crippen molar-refractivity contribution in [2.24, 2.45) is 0 Å². The molecule has 0 aliphatic heterocycles. The lowest BCUT2D eigenvalue weighted by Crippen LogP contribution is -2.16. The van der Waals surface area contributed by atoms with Gasteiger partial charge in [0.25, 0.3) is 0 Å². The molecule has 0 heterocycles. The zero-order chi connectivity index (χ0) is 13.1. The number of methoxy groups -OCH3 is 1. The van der Waals surface area contributed by atoms with E-state index in [0.29, 0.717) is 6.42 Å². The maximum absolute atomic E-state index is 10.9. The van der Waals surface area contributed by atoms with Crippen LogP contribution in [0.1, 0.15) is 5.56 Å². The molecular weight excluding hydrogens is 248 g/mol. The molecule has 3 nitrogen and oxygen atoms in total. The van der Waals surface area contributed by atoms with E-state index in [2.05, 4.69) is 12.6 Å². The Kier molecular flexibility index (Phi) is 3.77. The molecule has 0 radical (unpaired) electrons. The SMILES string of the molecule is COc1ccc(CC(S)C(=O)O)c2ccccc12. The van der Waals surface area contributed by atoms with Gasteiger partial charge in [-0.25, -0.2) is 0 Å². The first-order valence-corrected chi connectivity index (χ1v) is 6.10. The van der Waals surface area contributed by atoms with Crippen LogP contribution in [0.5, 0.6) is 5.75 Å². The predicted octanol–water partition coefficient (Wildman–Crippen LogP) is 2.77. The van der Waals surface area contributed by atoms with E-state index in [-0.39, 0.29) is 0 Å². The second-order valence-corrected chi connectivity index (χ2v) is 4.65. The Morgan fingerprint density at radius 1 is 1.28 bits per heavy atom. The molecule has 0 bridgehead atoms. The summed E-state index contributed by atoms with van der Waals surface area (Å²) in [5.74, 6) is -0.112. The van der Waals surface area contributed by atoms with Crippen LogP contribution in [0.25, 0.3) is 10.8 Å². The molecule has 0 saturated carbocycles. The van der Waals surface area contributed by atoms with Gasteiger partial charge in [0.05, 0.1) is 7.11 Å². The molecule has 2 rings (SSSR count). The summed E-state index contributed by atoms with van der Waals surface area (Å²) in [5.41, 5.74) is 0.966. The van der Waals surface area contributed by atoms with Gasteiger partial charge in [-0.1, -0.05) is 30.3 Å². The zero-order valence-corrected chi connectivity index (χ0v) is 10.9. The molecule has 0 aliphatic carbocycles. The van der Waals surface area contributed by atoms with Gasteiger partial charge in [-0.3, -0.25) is 4.79 Å². The average Bonchev–Trinajstić information content (AvgIpc) is 2.39. The molecule has 0 fully saturated rings. The van der Waals surface area contributed by atoms with Crippen molar-refractivity contribution in [3.05, 3.63) is 42.0 Å². The lowest BCUT2D eigenvalue weighted by molar-refractivity contribution is -0.136. The van der Waals surface area contributed by atoms with Crippen LogP contribution >= 0.6 is 12.6 Å². The van der Waals surface area contributed by atoms with Crippen molar-refractivity contribution in [1.29, 1.82) is 0 Å². The number of rotatable bonds is 4. The van der Waals surface area contributed by atoms with Crippen LogP contribution in [0.2, 0.25) is 0 Å². The van der Waals surface area contributed by atoms with Crippen molar-refractivity contribution in [3.63, 3.8) is 0 Å². The molecule has 94 valence electrons. The van der Waals surface area contributed by atoms with Gasteiger partial charge in [0, 0.05) is 5.39 Å². The van der Waals surface area contributed by atoms with Crippen molar-refractivity contribution in [2.75, 3.05) is 7.11 Å². The molecular formula is C14H14O3S. The van der Waals surface area contributed by atoms with Gasteiger partial charge in [-0.2, -0.15) is 12.6 Å². The van der Waals surface area contributed by atoms with Crippen molar-refractivity contribution in [1.82, 2.24) is 0 Å². The lowest BCUT2D eigenvalue weighted by atomic mass is 10.00. The summed E-state index contributed by atoms with van der Waals surface area (Å²) in [4.78, 5) is 10.9. The standard InChI is InChI=1S/C14H14O3S/c1-17-12-7-6-9(8-13(18)14(15)16)10-4-2-3-5-11(10)12/h2-7,13,18H,8H2,1H3,(H,15,16). The Labute approximate surface area is 111 Å². The van der Waals surface area contributed by atoms with E-state index in [1.165, 1.54) is 0 Å². The van der Waals surface area contributed by atoms with Crippen LogP contribution in [0, 0.1) is 0 Å². The summed E-state index contributed by atoms with van der Waals surface area (Å²) in [6, 6.07) is 11.6. The van der Waals surface area contributed by atoms with Crippen molar-refractivity contribution < 1.29 is 14.6 Å². The van der Waals surface area contributed by atoms with E-state index < -0.39 is 11.2 Å². The molecule has 0 amide bonds. The maximum Gasteiger partial charge on any atom is 0.316 e. The summed E-state index contributed by atoms with van der Waals surface area (Å²) in [5, 5.41) is 10.2. The first-order chi connectivity index (χ1) is 8.63. The predicted molar refractivity (Wildman–Crippen MR) is 74.6 cm³/mol. The topological polar surface area (TPSA) is 46.5 Å². The number of carboxylic acids is 1. The van der Waals surface area contributed by atoms with Crippen LogP contribution < -0.4 is 4.74 Å². The number of ether oxygens (including phenoxy) is 1. The molecule has 1 atom stereocenters. The summed E-state index contributed by atoms with van der Waals surface area (Å²) < 4.78 is 5.30. The molecule has 1 unspecified atom stereocenters. The van der Waals surface area contributed by atoms with E-state index in [4.69, 9.17) is 9.84 Å². The van der Waals surface area contributed by atoms with Gasteiger partial charge in [-0.15, -0.1) is 0 Å². The largest absolute Gasteiger partial charge is 0.496 e. The van der Waals surface area contributed by atoms with Crippen molar-refractivity contribution in [2.45, 2.75) is 11.7 Å². The maximum atomic E-state index is 10.9. The second-order valence-electron chi connectivity index (χ2n) is 4.03. The van der Waals surface area contributed by atoms with Crippen molar-refractivity contribution in [3.8, 4) is 5.75 Å². The summed E-state index contributed by atoms with van der Waals surface area (Å²) >= 11 is 4.08. The minimum absolute atomic E-state index is 0.392. The number of aliphatic carboxylic acids is 1. The third kappa shape index (κ3) is 2.43. The monoisotopic (exact) mass is 262 g/mol. The second kappa shape index (κ2) is 5.31. The van der Waals surface area contributed by atoms with E-state index in [0.717, 1.165) is 22.1 Å². The molecule has 18 heavy (non-hydrogen) atoms. The van der Waals surface area contributed by atoms with Crippen LogP contribution in [-0.4, -0.2) is 23.4 Å². The number of thiol groups is 1. The fraction of sp³-hybridized carbons (Fsp3) is 0.214. The number of hydrogen-bond acceptors (Lipinski definition) is 3. The van der Waals surface area contributed by atoms with Crippen LogP contribution in [0.4, 0.5) is 0 Å². The van der Waals surface area contributed by atoms with Gasteiger partial charge in [0.2, 0.25) is 0 Å². The molecule has 0 aliphatic rings. The molecule has 4 heteroatoms. The van der Waals surface area contributed by atoms with Crippen LogP contribution in [0.15, 0.2) is 36.4 Å². The Hall–Kier alpha value is -1.68. The summed E-state index contributed by atoms with van der Waals surface area (Å²) in [6.45, 7) is 0. The highest BCUT2D eigenvalue weighted by Crippen LogP contribution is 2.29. The summed E-state index contributed by atoms with van der Waals surface area (Å²) in [7, 11) is 1.63. The number of benzene rings is 2. The quantitative estimate of drug-likeness (QED) is 0.833. The number of carbonyl (C=O) groups is 1. The minimum Gasteiger partial charge on any atom is -0.496 e. The molecule has 2 aromatic carbocycles. The van der Waals surface area contributed by atoms with E-state index >= 15 is 0 Å². The first kappa shape index (κ1) is 12.8. The number of fused-ring (bicyclic) bond motifs is 1. The summed E-state index contributed by atoms with van der Waals surface area (Å²) in [6.07, 6.45) is 0.392. The van der Waals surface area contributed by atoms with Gasteiger partial charge < -0.3 is 9.84 Å². The average molecular weight is 262 g/mol. The Bertz CT molecular complexity index is 580. The van der Waals surface area contributed by atoms with Crippen LogP contribution in [-0.2, 0) is 11.2 Å². The highest BCUT2D eigenvalue weighted by Gasteiger charge is 2.15. The van der Waals surface area contributed by atoms with Crippen LogP contribution in [0.3, 0.4) is 0 Å². The molecule has 0 saturated heterocycles. The zero-order valence-electron chi connectivity index (χ0n) is 9.96. The van der Waals surface area contributed by atoms with E-state index in [1.54, 1.807) is 7.11 Å². The molecule has 1 N–H and O–H groups in total. The van der Waals surface area contributed by atoms with Crippen molar-refractivity contribution >= 4 is 29.4 Å². The third-order valence-corrected chi connectivity index (χ3v) is 3.30. The van der Waals surface area contributed by atoms with Gasteiger partial charge in [-0.05, 0) is 23.4 Å².